The average molecular weight is 338 g/mol. The first-order valence-electron chi connectivity index (χ1n) is 7.37. The molecule has 0 fully saturated rings. The van der Waals surface area contributed by atoms with Crippen LogP contribution in [0.5, 0.6) is 0 Å². The van der Waals surface area contributed by atoms with Crippen molar-refractivity contribution < 1.29 is 0 Å². The Labute approximate surface area is 138 Å². The lowest BCUT2D eigenvalue weighted by molar-refractivity contribution is 0.847. The van der Waals surface area contributed by atoms with Crippen LogP contribution < -0.4 is 4.90 Å². The van der Waals surface area contributed by atoms with E-state index in [2.05, 4.69) is 28.9 Å². The van der Waals surface area contributed by atoms with E-state index in [9.17, 15) is 0 Å². The van der Waals surface area contributed by atoms with Crippen molar-refractivity contribution in [3.8, 4) is 0 Å². The molecule has 0 radical (unpaired) electrons. The van der Waals surface area contributed by atoms with Crippen LogP contribution in [-0.2, 0) is 6.42 Å². The fourth-order valence-electron chi connectivity index (χ4n) is 2.74. The van der Waals surface area contributed by atoms with Gasteiger partial charge in [-0.05, 0) is 31.9 Å². The number of hydrogen-bond acceptors (Lipinski definition) is 4. The number of aryl methyl sites for hydroxylation is 1. The molecule has 0 aliphatic heterocycles. The van der Waals surface area contributed by atoms with Crippen LogP contribution in [0.25, 0.3) is 16.7 Å². The Bertz CT molecular complexity index is 839. The third-order valence-electron chi connectivity index (χ3n) is 3.91. The lowest BCUT2D eigenvalue weighted by Crippen LogP contribution is -2.24. The number of nitrogens with zero attached hydrogens (tertiary/aromatic N) is 5. The van der Waals surface area contributed by atoms with E-state index >= 15 is 0 Å². The predicted molar refractivity (Wildman–Crippen MR) is 91.2 cm³/mol. The lowest BCUT2D eigenvalue weighted by atomic mass is 10.1. The maximum atomic E-state index is 6.37. The van der Waals surface area contributed by atoms with Crippen molar-refractivity contribution in [3.05, 3.63) is 28.0 Å². The molecule has 0 spiro atoms. The van der Waals surface area contributed by atoms with Gasteiger partial charge in [0.15, 0.2) is 5.82 Å². The molecule has 2 heterocycles. The maximum absolute atomic E-state index is 6.37. The smallest absolute Gasteiger partial charge is 0.204 e. The summed E-state index contributed by atoms with van der Waals surface area (Å²) >= 11 is 12.6. The van der Waals surface area contributed by atoms with Gasteiger partial charge in [-0.1, -0.05) is 30.1 Å². The topological polar surface area (TPSA) is 46.3 Å². The van der Waals surface area contributed by atoms with Crippen LogP contribution >= 0.6 is 23.2 Å². The lowest BCUT2D eigenvalue weighted by Gasteiger charge is -2.21. The molecule has 2 aromatic heterocycles. The van der Waals surface area contributed by atoms with Gasteiger partial charge in [0.1, 0.15) is 6.33 Å². The average Bonchev–Trinajstić information content (AvgIpc) is 3.00. The van der Waals surface area contributed by atoms with Crippen LogP contribution in [0.1, 0.15) is 26.3 Å². The van der Waals surface area contributed by atoms with Crippen molar-refractivity contribution in [3.63, 3.8) is 0 Å². The Kier molecular flexibility index (Phi) is 4.10. The van der Waals surface area contributed by atoms with E-state index in [0.29, 0.717) is 10.0 Å². The highest BCUT2D eigenvalue weighted by atomic mass is 35.5. The second kappa shape index (κ2) is 5.89. The van der Waals surface area contributed by atoms with Gasteiger partial charge in [0, 0.05) is 13.1 Å². The van der Waals surface area contributed by atoms with Gasteiger partial charge in [-0.15, -0.1) is 10.2 Å². The summed E-state index contributed by atoms with van der Waals surface area (Å²) in [6, 6.07) is 1.83. The van der Waals surface area contributed by atoms with Crippen LogP contribution in [0.3, 0.4) is 0 Å². The molecule has 0 saturated carbocycles. The molecule has 0 bridgehead atoms. The first-order chi connectivity index (χ1) is 10.6. The molecule has 0 aliphatic carbocycles. The van der Waals surface area contributed by atoms with Gasteiger partial charge in [-0.3, -0.25) is 4.40 Å². The Morgan fingerprint density at radius 2 is 1.91 bits per heavy atom. The van der Waals surface area contributed by atoms with Gasteiger partial charge in [0.2, 0.25) is 5.65 Å². The summed E-state index contributed by atoms with van der Waals surface area (Å²) < 4.78 is 1.93. The Morgan fingerprint density at radius 1 is 1.18 bits per heavy atom. The van der Waals surface area contributed by atoms with Crippen LogP contribution in [0.4, 0.5) is 5.82 Å². The SMILES string of the molecule is CCc1c(Cl)c(Cl)cc2c1nc(N(CC)CC)c1nncn12. The first kappa shape index (κ1) is 15.3. The number of hydrogen-bond donors (Lipinski definition) is 0. The Hall–Kier alpha value is -1.59. The van der Waals surface area contributed by atoms with Crippen molar-refractivity contribution in [2.45, 2.75) is 27.2 Å². The van der Waals surface area contributed by atoms with E-state index in [0.717, 1.165) is 47.6 Å². The van der Waals surface area contributed by atoms with Gasteiger partial charge in [-0.2, -0.15) is 0 Å². The highest BCUT2D eigenvalue weighted by molar-refractivity contribution is 6.43. The second-order valence-electron chi connectivity index (χ2n) is 5.00. The second-order valence-corrected chi connectivity index (χ2v) is 5.79. The van der Waals surface area contributed by atoms with Crippen molar-refractivity contribution in [2.24, 2.45) is 0 Å². The zero-order valence-electron chi connectivity index (χ0n) is 12.8. The molecule has 0 unspecified atom stereocenters. The van der Waals surface area contributed by atoms with E-state index in [1.54, 1.807) is 6.33 Å². The largest absolute Gasteiger partial charge is 0.354 e. The molecule has 0 amide bonds. The third kappa shape index (κ3) is 2.20. The molecule has 5 nitrogen and oxygen atoms in total. The summed E-state index contributed by atoms with van der Waals surface area (Å²) in [6.07, 6.45) is 2.45. The van der Waals surface area contributed by atoms with Crippen LogP contribution in [0.2, 0.25) is 10.0 Å². The summed E-state index contributed by atoms with van der Waals surface area (Å²) in [4.78, 5) is 7.01. The van der Waals surface area contributed by atoms with Gasteiger partial charge >= 0.3 is 0 Å². The molecule has 116 valence electrons. The number of benzene rings is 1. The normalized spacial score (nSPS) is 11.5. The molecular formula is C15H17Cl2N5. The Balaban J connectivity index is 2.47. The van der Waals surface area contributed by atoms with Crippen LogP contribution in [0.15, 0.2) is 12.4 Å². The Morgan fingerprint density at radius 3 is 2.55 bits per heavy atom. The van der Waals surface area contributed by atoms with Gasteiger partial charge in [0.25, 0.3) is 0 Å². The molecule has 3 aromatic rings. The minimum absolute atomic E-state index is 0.526. The van der Waals surface area contributed by atoms with Crippen molar-refractivity contribution >= 4 is 45.7 Å². The summed E-state index contributed by atoms with van der Waals surface area (Å²) in [5.41, 5.74) is 3.41. The van der Waals surface area contributed by atoms with Gasteiger partial charge < -0.3 is 4.90 Å². The molecule has 0 atom stereocenters. The van der Waals surface area contributed by atoms with E-state index in [1.807, 2.05) is 17.4 Å². The zero-order valence-corrected chi connectivity index (χ0v) is 14.3. The molecule has 0 saturated heterocycles. The van der Waals surface area contributed by atoms with Crippen LogP contribution in [-0.4, -0.2) is 32.7 Å². The standard InChI is InChI=1S/C15H17Cl2N5/c1-4-9-12(17)10(16)7-11-13(9)19-14(21(5-2)6-3)15-20-18-8-22(11)15/h7-8H,4-6H2,1-3H3. The van der Waals surface area contributed by atoms with E-state index in [-0.39, 0.29) is 0 Å². The van der Waals surface area contributed by atoms with Crippen molar-refractivity contribution in [2.75, 3.05) is 18.0 Å². The predicted octanol–water partition coefficient (Wildman–Crippen LogP) is 3.99. The summed E-state index contributed by atoms with van der Waals surface area (Å²) in [6.45, 7) is 7.93. The fraction of sp³-hybridized carbons (Fsp3) is 0.400. The van der Waals surface area contributed by atoms with E-state index in [4.69, 9.17) is 28.2 Å². The quantitative estimate of drug-likeness (QED) is 0.722. The van der Waals surface area contributed by atoms with Crippen molar-refractivity contribution in [1.82, 2.24) is 19.6 Å². The maximum Gasteiger partial charge on any atom is 0.204 e. The minimum Gasteiger partial charge on any atom is -0.354 e. The zero-order chi connectivity index (χ0) is 15.9. The molecular weight excluding hydrogens is 321 g/mol. The third-order valence-corrected chi connectivity index (χ3v) is 4.73. The van der Waals surface area contributed by atoms with E-state index in [1.165, 1.54) is 0 Å². The summed E-state index contributed by atoms with van der Waals surface area (Å²) in [5, 5.41) is 9.36. The highest BCUT2D eigenvalue weighted by Gasteiger charge is 2.19. The number of rotatable bonds is 4. The molecule has 3 rings (SSSR count). The number of anilines is 1. The van der Waals surface area contributed by atoms with Crippen molar-refractivity contribution in [1.29, 1.82) is 0 Å². The van der Waals surface area contributed by atoms with Gasteiger partial charge in [-0.25, -0.2) is 4.98 Å². The van der Waals surface area contributed by atoms with Crippen LogP contribution in [0, 0.1) is 0 Å². The summed E-state index contributed by atoms with van der Waals surface area (Å²) in [7, 11) is 0. The first-order valence-corrected chi connectivity index (χ1v) is 8.13. The van der Waals surface area contributed by atoms with E-state index < -0.39 is 0 Å². The number of aromatic nitrogens is 4. The molecule has 0 aliphatic rings. The fourth-order valence-corrected chi connectivity index (χ4v) is 3.24. The monoisotopic (exact) mass is 337 g/mol. The molecule has 22 heavy (non-hydrogen) atoms. The molecule has 1 aromatic carbocycles. The highest BCUT2D eigenvalue weighted by Crippen LogP contribution is 2.34. The summed E-state index contributed by atoms with van der Waals surface area (Å²) in [5.74, 6) is 0.822. The molecule has 7 heteroatoms. The molecule has 0 N–H and O–H groups in total. The number of halogens is 2. The minimum atomic E-state index is 0.526. The number of fused-ring (bicyclic) bond motifs is 3. The van der Waals surface area contributed by atoms with Gasteiger partial charge in [0.05, 0.1) is 21.1 Å².